The molecule has 4 heteroatoms. The molecule has 22 heavy (non-hydrogen) atoms. The van der Waals surface area contributed by atoms with Crippen molar-refractivity contribution in [2.24, 2.45) is 11.7 Å². The summed E-state index contributed by atoms with van der Waals surface area (Å²) in [5.41, 5.74) is 8.72. The number of rotatable bonds is 4. The third-order valence-electron chi connectivity index (χ3n) is 4.81. The van der Waals surface area contributed by atoms with Crippen LogP contribution in [-0.2, 0) is 13.0 Å². The van der Waals surface area contributed by atoms with Crippen molar-refractivity contribution in [3.63, 3.8) is 0 Å². The monoisotopic (exact) mass is 312 g/mol. The molecule has 114 valence electrons. The van der Waals surface area contributed by atoms with E-state index >= 15 is 0 Å². The average molecular weight is 312 g/mol. The molecule has 1 atom stereocenters. The zero-order valence-corrected chi connectivity index (χ0v) is 13.3. The second-order valence-corrected chi connectivity index (χ2v) is 7.36. The predicted octanol–water partition coefficient (Wildman–Crippen LogP) is 3.36. The number of benzene rings is 1. The number of hydrogen-bond donors (Lipinski definition) is 1. The maximum atomic E-state index is 11.2. The zero-order valence-electron chi connectivity index (χ0n) is 12.5. The second kappa shape index (κ2) is 5.52. The lowest BCUT2D eigenvalue weighted by Gasteiger charge is -2.36. The van der Waals surface area contributed by atoms with Crippen LogP contribution in [0.15, 0.2) is 35.7 Å². The van der Waals surface area contributed by atoms with Crippen molar-refractivity contribution in [2.75, 3.05) is 6.54 Å². The van der Waals surface area contributed by atoms with Crippen molar-refractivity contribution in [1.82, 2.24) is 4.90 Å². The van der Waals surface area contributed by atoms with E-state index in [1.165, 1.54) is 18.4 Å². The van der Waals surface area contributed by atoms with Crippen LogP contribution in [0.5, 0.6) is 0 Å². The SMILES string of the molecule is NC(=O)c1ccc(CN2CCc3sccc3C2C2CC2)cc1. The van der Waals surface area contributed by atoms with Crippen LogP contribution in [0.3, 0.4) is 0 Å². The lowest BCUT2D eigenvalue weighted by molar-refractivity contribution is 0.1000. The molecule has 1 aliphatic carbocycles. The Morgan fingerprint density at radius 1 is 1.23 bits per heavy atom. The quantitative estimate of drug-likeness (QED) is 0.941. The fourth-order valence-corrected chi connectivity index (χ4v) is 4.46. The standard InChI is InChI=1S/C18H20N2OS/c19-18(21)14-3-1-12(2-4-14)11-20-9-7-16-15(8-10-22-16)17(20)13-5-6-13/h1-4,8,10,13,17H,5-7,9,11H2,(H2,19,21). The Balaban J connectivity index is 1.56. The van der Waals surface area contributed by atoms with Gasteiger partial charge in [0.25, 0.3) is 0 Å². The zero-order chi connectivity index (χ0) is 15.1. The lowest BCUT2D eigenvalue weighted by atomic mass is 9.95. The summed E-state index contributed by atoms with van der Waals surface area (Å²) < 4.78 is 0. The number of nitrogens with zero attached hydrogens (tertiary/aromatic N) is 1. The summed E-state index contributed by atoms with van der Waals surface area (Å²) in [6, 6.07) is 10.7. The summed E-state index contributed by atoms with van der Waals surface area (Å²) in [6.07, 6.45) is 3.88. The summed E-state index contributed by atoms with van der Waals surface area (Å²) in [7, 11) is 0. The molecule has 1 aromatic heterocycles. The van der Waals surface area contributed by atoms with Gasteiger partial charge in [0.1, 0.15) is 0 Å². The van der Waals surface area contributed by atoms with Crippen LogP contribution in [0.2, 0.25) is 0 Å². The third kappa shape index (κ3) is 2.57. The van der Waals surface area contributed by atoms with E-state index in [-0.39, 0.29) is 5.91 Å². The van der Waals surface area contributed by atoms with Crippen LogP contribution in [0.25, 0.3) is 0 Å². The van der Waals surface area contributed by atoms with Gasteiger partial charge in [-0.2, -0.15) is 0 Å². The number of primary amides is 1. The van der Waals surface area contributed by atoms with E-state index in [1.807, 2.05) is 35.6 Å². The number of amides is 1. The Hall–Kier alpha value is -1.65. The van der Waals surface area contributed by atoms with E-state index in [2.05, 4.69) is 16.3 Å². The van der Waals surface area contributed by atoms with Crippen molar-refractivity contribution in [2.45, 2.75) is 31.8 Å². The number of carbonyl (C=O) groups is 1. The molecule has 3 nitrogen and oxygen atoms in total. The van der Waals surface area contributed by atoms with Crippen molar-refractivity contribution < 1.29 is 4.79 Å². The minimum atomic E-state index is -0.358. The molecule has 1 unspecified atom stereocenters. The number of carbonyl (C=O) groups excluding carboxylic acids is 1. The largest absolute Gasteiger partial charge is 0.366 e. The molecule has 1 aromatic carbocycles. The molecule has 1 amide bonds. The molecule has 0 radical (unpaired) electrons. The average Bonchev–Trinajstić information content (AvgIpc) is 3.24. The van der Waals surface area contributed by atoms with E-state index in [4.69, 9.17) is 5.73 Å². The van der Waals surface area contributed by atoms with Gasteiger partial charge < -0.3 is 5.73 Å². The van der Waals surface area contributed by atoms with Crippen LogP contribution in [0.1, 0.15) is 45.2 Å². The van der Waals surface area contributed by atoms with Gasteiger partial charge in [-0.1, -0.05) is 12.1 Å². The van der Waals surface area contributed by atoms with E-state index in [1.54, 1.807) is 10.4 Å². The van der Waals surface area contributed by atoms with E-state index in [9.17, 15) is 4.79 Å². The first-order valence-corrected chi connectivity index (χ1v) is 8.79. The highest BCUT2D eigenvalue weighted by Crippen LogP contribution is 2.48. The molecule has 2 aromatic rings. The molecule has 1 aliphatic heterocycles. The van der Waals surface area contributed by atoms with E-state index < -0.39 is 0 Å². The highest BCUT2D eigenvalue weighted by Gasteiger charge is 2.39. The van der Waals surface area contributed by atoms with Crippen molar-refractivity contribution in [1.29, 1.82) is 0 Å². The second-order valence-electron chi connectivity index (χ2n) is 6.36. The maximum Gasteiger partial charge on any atom is 0.248 e. The molecular formula is C18H20N2OS. The summed E-state index contributed by atoms with van der Waals surface area (Å²) in [4.78, 5) is 15.4. The molecular weight excluding hydrogens is 292 g/mol. The number of hydrogen-bond acceptors (Lipinski definition) is 3. The summed E-state index contributed by atoms with van der Waals surface area (Å²) in [5.74, 6) is 0.474. The first-order chi connectivity index (χ1) is 10.7. The topological polar surface area (TPSA) is 46.3 Å². The van der Waals surface area contributed by atoms with Gasteiger partial charge in [0.15, 0.2) is 0 Å². The fraction of sp³-hybridized carbons (Fsp3) is 0.389. The molecule has 0 spiro atoms. The van der Waals surface area contributed by atoms with Gasteiger partial charge in [-0.05, 0) is 59.9 Å². The molecule has 4 rings (SSSR count). The molecule has 1 saturated carbocycles. The molecule has 1 fully saturated rings. The van der Waals surface area contributed by atoms with E-state index in [0.717, 1.165) is 25.4 Å². The minimum Gasteiger partial charge on any atom is -0.366 e. The highest BCUT2D eigenvalue weighted by atomic mass is 32.1. The first-order valence-electron chi connectivity index (χ1n) is 7.91. The molecule has 2 N–H and O–H groups in total. The molecule has 2 aliphatic rings. The van der Waals surface area contributed by atoms with Crippen LogP contribution >= 0.6 is 11.3 Å². The van der Waals surface area contributed by atoms with Crippen molar-refractivity contribution in [3.05, 3.63) is 57.3 Å². The first kappa shape index (κ1) is 14.0. The van der Waals surface area contributed by atoms with Crippen molar-refractivity contribution in [3.8, 4) is 0 Å². The normalized spacial score (nSPS) is 21.5. The smallest absolute Gasteiger partial charge is 0.248 e. The Kier molecular flexibility index (Phi) is 3.51. The number of thiophene rings is 1. The van der Waals surface area contributed by atoms with Gasteiger partial charge in [0, 0.05) is 29.6 Å². The van der Waals surface area contributed by atoms with Crippen LogP contribution in [0.4, 0.5) is 0 Å². The van der Waals surface area contributed by atoms with Gasteiger partial charge in [0.05, 0.1) is 0 Å². The molecule has 2 heterocycles. The highest BCUT2D eigenvalue weighted by molar-refractivity contribution is 7.10. The summed E-state index contributed by atoms with van der Waals surface area (Å²) in [6.45, 7) is 2.09. The van der Waals surface area contributed by atoms with Crippen molar-refractivity contribution >= 4 is 17.2 Å². The third-order valence-corrected chi connectivity index (χ3v) is 5.81. The molecule has 0 saturated heterocycles. The van der Waals surface area contributed by atoms with Gasteiger partial charge in [-0.15, -0.1) is 11.3 Å². The predicted molar refractivity (Wildman–Crippen MR) is 88.9 cm³/mol. The minimum absolute atomic E-state index is 0.358. The Morgan fingerprint density at radius 2 is 2.00 bits per heavy atom. The fourth-order valence-electron chi connectivity index (χ4n) is 3.55. The summed E-state index contributed by atoms with van der Waals surface area (Å²) in [5, 5.41) is 2.24. The number of fused-ring (bicyclic) bond motifs is 1. The number of nitrogens with two attached hydrogens (primary N) is 1. The molecule has 0 bridgehead atoms. The van der Waals surface area contributed by atoms with Crippen LogP contribution in [0, 0.1) is 5.92 Å². The maximum absolute atomic E-state index is 11.2. The summed E-state index contributed by atoms with van der Waals surface area (Å²) >= 11 is 1.91. The van der Waals surface area contributed by atoms with Crippen LogP contribution in [-0.4, -0.2) is 17.4 Å². The van der Waals surface area contributed by atoms with Crippen LogP contribution < -0.4 is 5.73 Å². The lowest BCUT2D eigenvalue weighted by Crippen LogP contribution is -2.35. The van der Waals surface area contributed by atoms with Gasteiger partial charge in [-0.25, -0.2) is 0 Å². The van der Waals surface area contributed by atoms with E-state index in [0.29, 0.717) is 11.6 Å². The van der Waals surface area contributed by atoms with Gasteiger partial charge in [0.2, 0.25) is 5.91 Å². The van der Waals surface area contributed by atoms with Gasteiger partial charge in [-0.3, -0.25) is 9.69 Å². The Morgan fingerprint density at radius 3 is 2.68 bits per heavy atom. The van der Waals surface area contributed by atoms with Gasteiger partial charge >= 0.3 is 0 Å². The Bertz CT molecular complexity index is 687. The Labute approximate surface area is 134 Å².